The summed E-state index contributed by atoms with van der Waals surface area (Å²) < 4.78 is 44.6. The molecule has 1 aromatic carbocycles. The van der Waals surface area contributed by atoms with E-state index >= 15 is 0 Å². The van der Waals surface area contributed by atoms with Gasteiger partial charge in [-0.15, -0.1) is 10.2 Å². The minimum absolute atomic E-state index is 0.118. The summed E-state index contributed by atoms with van der Waals surface area (Å²) in [6.45, 7) is -0.995. The molecule has 0 fully saturated rings. The van der Waals surface area contributed by atoms with Crippen molar-refractivity contribution in [2.45, 2.75) is 30.8 Å². The zero-order chi connectivity index (χ0) is 19.6. The number of thioether (sulfide) groups is 1. The van der Waals surface area contributed by atoms with Gasteiger partial charge in [0.05, 0.1) is 10.4 Å². The lowest BCUT2D eigenvalue weighted by Gasteiger charge is -2.09. The summed E-state index contributed by atoms with van der Waals surface area (Å²) in [6, 6.07) is 3.83. The van der Waals surface area contributed by atoms with E-state index in [0.29, 0.717) is 17.7 Å². The number of halogens is 3. The fourth-order valence-electron chi connectivity index (χ4n) is 2.42. The fourth-order valence-corrected chi connectivity index (χ4v) is 3.26. The van der Waals surface area contributed by atoms with E-state index < -0.39 is 23.4 Å². The second kappa shape index (κ2) is 7.42. The summed E-state index contributed by atoms with van der Waals surface area (Å²) in [6.07, 6.45) is -2.97. The number of hydrogen-bond donors (Lipinski definition) is 0. The van der Waals surface area contributed by atoms with Crippen molar-refractivity contribution in [3.8, 4) is 0 Å². The molecule has 0 N–H and O–H groups in total. The van der Waals surface area contributed by atoms with Gasteiger partial charge in [-0.3, -0.25) is 19.2 Å². The number of nitro benzene ring substituents is 1. The Morgan fingerprint density at radius 2 is 2.11 bits per heavy atom. The van der Waals surface area contributed by atoms with Crippen molar-refractivity contribution in [3.63, 3.8) is 0 Å². The van der Waals surface area contributed by atoms with Crippen molar-refractivity contribution in [2.75, 3.05) is 5.75 Å². The summed E-state index contributed by atoms with van der Waals surface area (Å²) in [4.78, 5) is 22.2. The molecule has 0 spiro atoms. The molecule has 9 nitrogen and oxygen atoms in total. The van der Waals surface area contributed by atoms with Gasteiger partial charge < -0.3 is 4.42 Å². The van der Waals surface area contributed by atoms with Crippen LogP contribution in [0.3, 0.4) is 0 Å². The van der Waals surface area contributed by atoms with Gasteiger partial charge in [0.2, 0.25) is 0 Å². The normalized spacial score (nSPS) is 12.0. The molecular weight excluding hydrogens is 391 g/mol. The van der Waals surface area contributed by atoms with Crippen LogP contribution in [0.25, 0.3) is 11.1 Å². The lowest BCUT2D eigenvalue weighted by molar-refractivity contribution is -0.384. The highest BCUT2D eigenvalue weighted by molar-refractivity contribution is 7.99. The Hall–Kier alpha value is -2.83. The lowest BCUT2D eigenvalue weighted by atomic mass is 10.3. The monoisotopic (exact) mass is 403 g/mol. The predicted molar refractivity (Wildman–Crippen MR) is 88.5 cm³/mol. The molecule has 0 aliphatic heterocycles. The summed E-state index contributed by atoms with van der Waals surface area (Å²) in [5, 5.41) is 18.1. The summed E-state index contributed by atoms with van der Waals surface area (Å²) in [5.74, 6) is -0.291. The molecule has 27 heavy (non-hydrogen) atoms. The molecule has 0 bridgehead atoms. The van der Waals surface area contributed by atoms with Crippen LogP contribution in [0, 0.1) is 10.1 Å². The first-order valence-electron chi connectivity index (χ1n) is 7.60. The van der Waals surface area contributed by atoms with Crippen LogP contribution in [0.5, 0.6) is 0 Å². The minimum Gasteiger partial charge on any atom is -0.408 e. The van der Waals surface area contributed by atoms with Gasteiger partial charge in [0, 0.05) is 24.4 Å². The number of alkyl halides is 3. The van der Waals surface area contributed by atoms with Crippen molar-refractivity contribution in [1.82, 2.24) is 19.3 Å². The quantitative estimate of drug-likeness (QED) is 0.258. The Morgan fingerprint density at radius 1 is 1.33 bits per heavy atom. The molecule has 0 aliphatic rings. The molecule has 2 aromatic heterocycles. The van der Waals surface area contributed by atoms with Gasteiger partial charge in [-0.2, -0.15) is 13.2 Å². The zero-order valence-corrected chi connectivity index (χ0v) is 14.4. The molecule has 0 atom stereocenters. The lowest BCUT2D eigenvalue weighted by Crippen LogP contribution is -2.18. The van der Waals surface area contributed by atoms with Crippen molar-refractivity contribution < 1.29 is 22.5 Å². The van der Waals surface area contributed by atoms with E-state index in [4.69, 9.17) is 4.42 Å². The average molecular weight is 403 g/mol. The van der Waals surface area contributed by atoms with Gasteiger partial charge in [-0.1, -0.05) is 11.8 Å². The zero-order valence-electron chi connectivity index (χ0n) is 13.5. The Kier molecular flexibility index (Phi) is 5.21. The molecule has 0 saturated carbocycles. The van der Waals surface area contributed by atoms with E-state index in [0.717, 1.165) is 22.7 Å². The predicted octanol–water partition coefficient (Wildman–Crippen LogP) is 2.84. The highest BCUT2D eigenvalue weighted by Crippen LogP contribution is 2.23. The van der Waals surface area contributed by atoms with Crippen molar-refractivity contribution in [3.05, 3.63) is 45.2 Å². The van der Waals surface area contributed by atoms with E-state index in [1.54, 1.807) is 0 Å². The van der Waals surface area contributed by atoms with E-state index in [9.17, 15) is 28.1 Å². The molecule has 3 rings (SSSR count). The molecule has 0 amide bonds. The molecule has 0 unspecified atom stereocenters. The molecule has 144 valence electrons. The van der Waals surface area contributed by atoms with Gasteiger partial charge in [0.25, 0.3) is 5.69 Å². The first kappa shape index (κ1) is 18.9. The molecule has 2 heterocycles. The largest absolute Gasteiger partial charge is 0.419 e. The molecule has 3 aromatic rings. The number of nitro groups is 1. The van der Waals surface area contributed by atoms with Gasteiger partial charge in [-0.25, -0.2) is 4.79 Å². The summed E-state index contributed by atoms with van der Waals surface area (Å²) in [7, 11) is 0. The van der Waals surface area contributed by atoms with Crippen molar-refractivity contribution in [2.24, 2.45) is 0 Å². The van der Waals surface area contributed by atoms with E-state index in [-0.39, 0.29) is 23.0 Å². The minimum atomic E-state index is -4.38. The number of nitrogens with zero attached hydrogens (tertiary/aromatic N) is 5. The number of fused-ring (bicyclic) bond motifs is 1. The highest BCUT2D eigenvalue weighted by Gasteiger charge is 2.29. The Labute approximate surface area is 152 Å². The third-order valence-corrected chi connectivity index (χ3v) is 4.62. The fraction of sp³-hybridized carbons (Fsp3) is 0.357. The van der Waals surface area contributed by atoms with Crippen LogP contribution in [0.15, 0.2) is 38.9 Å². The molecule has 0 aliphatic carbocycles. The summed E-state index contributed by atoms with van der Waals surface area (Å²) >= 11 is 1.07. The molecule has 13 heteroatoms. The third-order valence-electron chi connectivity index (χ3n) is 3.55. The van der Waals surface area contributed by atoms with E-state index in [1.165, 1.54) is 22.8 Å². The summed E-state index contributed by atoms with van der Waals surface area (Å²) in [5.41, 5.74) is 0.342. The smallest absolute Gasteiger partial charge is 0.408 e. The van der Waals surface area contributed by atoms with Crippen LogP contribution >= 0.6 is 11.8 Å². The van der Waals surface area contributed by atoms with E-state index in [2.05, 4.69) is 10.2 Å². The first-order chi connectivity index (χ1) is 12.7. The van der Waals surface area contributed by atoms with Crippen LogP contribution in [0.4, 0.5) is 18.9 Å². The number of aryl methyl sites for hydroxylation is 1. The average Bonchev–Trinajstić information content (AvgIpc) is 3.13. The number of non-ortho nitro benzene ring substituents is 1. The van der Waals surface area contributed by atoms with Crippen LogP contribution in [0.2, 0.25) is 0 Å². The maximum atomic E-state index is 12.5. The van der Waals surface area contributed by atoms with Crippen LogP contribution in [0.1, 0.15) is 6.42 Å². The first-order valence-corrected chi connectivity index (χ1v) is 8.58. The van der Waals surface area contributed by atoms with Crippen molar-refractivity contribution >= 4 is 28.5 Å². The van der Waals surface area contributed by atoms with Gasteiger partial charge in [0.15, 0.2) is 10.7 Å². The van der Waals surface area contributed by atoms with E-state index in [1.807, 2.05) is 0 Å². The van der Waals surface area contributed by atoms with Crippen LogP contribution in [-0.4, -0.2) is 36.2 Å². The highest BCUT2D eigenvalue weighted by atomic mass is 32.2. The topological polar surface area (TPSA) is 109 Å². The number of aromatic nitrogens is 4. The molecule has 0 saturated heterocycles. The molecule has 0 radical (unpaired) electrons. The standard InChI is InChI=1S/C14H12F3N5O4S/c15-14(16,17)7-20-8-18-19-12(20)27-5-1-4-21-10-6-9(22(24)25)2-3-11(10)26-13(21)23/h2-3,6,8H,1,4-5,7H2. The number of hydrogen-bond acceptors (Lipinski definition) is 7. The number of oxazole rings is 1. The second-order valence-electron chi connectivity index (χ2n) is 5.49. The Morgan fingerprint density at radius 3 is 2.81 bits per heavy atom. The maximum absolute atomic E-state index is 12.5. The Bertz CT molecular complexity index is 1030. The number of benzene rings is 1. The second-order valence-corrected chi connectivity index (χ2v) is 6.55. The number of rotatable bonds is 7. The third kappa shape index (κ3) is 4.48. The SMILES string of the molecule is O=c1oc2ccc([N+](=O)[O-])cc2n1CCCSc1nncn1CC(F)(F)F. The van der Waals surface area contributed by atoms with Gasteiger partial charge in [-0.05, 0) is 12.5 Å². The Balaban J connectivity index is 1.66. The molecular formula is C14H12F3N5O4S. The maximum Gasteiger partial charge on any atom is 0.419 e. The van der Waals surface area contributed by atoms with Crippen LogP contribution in [-0.2, 0) is 13.1 Å². The van der Waals surface area contributed by atoms with Crippen molar-refractivity contribution in [1.29, 1.82) is 0 Å². The van der Waals surface area contributed by atoms with Gasteiger partial charge in [0.1, 0.15) is 12.9 Å². The van der Waals surface area contributed by atoms with Gasteiger partial charge >= 0.3 is 11.9 Å². The van der Waals surface area contributed by atoms with Crippen LogP contribution < -0.4 is 5.76 Å².